The van der Waals surface area contributed by atoms with Gasteiger partial charge < -0.3 is 4.89 Å². The maximum absolute atomic E-state index is 12.7. The molecule has 0 aliphatic heterocycles. The molecule has 2 aliphatic carbocycles. The molecule has 2 fully saturated rings. The van der Waals surface area contributed by atoms with E-state index in [0.717, 1.165) is 25.7 Å². The zero-order valence-corrected chi connectivity index (χ0v) is 17.2. The van der Waals surface area contributed by atoms with E-state index in [1.54, 1.807) is 13.8 Å². The van der Waals surface area contributed by atoms with Crippen LogP contribution in [0.25, 0.3) is 0 Å². The molecule has 1 N–H and O–H groups in total. The first-order chi connectivity index (χ1) is 12.6. The molecule has 0 bridgehead atoms. The summed E-state index contributed by atoms with van der Waals surface area (Å²) in [5.74, 6) is -1.21. The van der Waals surface area contributed by atoms with Gasteiger partial charge in [-0.05, 0) is 50.7 Å². The Kier molecular flexibility index (Phi) is 7.75. The predicted molar refractivity (Wildman–Crippen MR) is 103 cm³/mol. The normalized spacial score (nSPS) is 30.9. The van der Waals surface area contributed by atoms with Gasteiger partial charge in [0.2, 0.25) is 0 Å². The molecule has 2 aliphatic rings. The molecule has 0 spiro atoms. The maximum atomic E-state index is 12.7. The first kappa shape index (κ1) is 22.2. The van der Waals surface area contributed by atoms with Crippen LogP contribution in [0.1, 0.15) is 65.2 Å². The highest BCUT2D eigenvalue weighted by atomic mass is 31.2. The van der Waals surface area contributed by atoms with E-state index in [0.29, 0.717) is 36.8 Å². The minimum absolute atomic E-state index is 0.132. The number of allylic oxidation sites excluding steroid dienone is 2. The van der Waals surface area contributed by atoms with E-state index in [4.69, 9.17) is 9.05 Å². The summed E-state index contributed by atoms with van der Waals surface area (Å²) in [5, 5.41) is 0. The fraction of sp³-hybridized carbons (Fsp3) is 0.700. The Morgan fingerprint density at radius 1 is 0.815 bits per heavy atom. The molecule has 152 valence electrons. The highest BCUT2D eigenvalue weighted by molar-refractivity contribution is 7.47. The van der Waals surface area contributed by atoms with E-state index < -0.39 is 31.9 Å². The molecule has 2 rings (SSSR count). The first-order valence-electron chi connectivity index (χ1n) is 9.71. The lowest BCUT2D eigenvalue weighted by Crippen LogP contribution is -2.36. The summed E-state index contributed by atoms with van der Waals surface area (Å²) in [5.41, 5.74) is 0.840. The van der Waals surface area contributed by atoms with E-state index in [9.17, 15) is 19.0 Å². The summed E-state index contributed by atoms with van der Waals surface area (Å²) < 4.78 is 23.6. The van der Waals surface area contributed by atoms with E-state index in [1.807, 2.05) is 0 Å². The van der Waals surface area contributed by atoms with Crippen LogP contribution < -0.4 is 0 Å². The Balaban J connectivity index is 2.08. The van der Waals surface area contributed by atoms with Crippen LogP contribution in [0.4, 0.5) is 0 Å². The Morgan fingerprint density at radius 3 is 1.48 bits per heavy atom. The molecule has 6 nitrogen and oxygen atoms in total. The lowest BCUT2D eigenvalue weighted by Gasteiger charge is -2.34. The first-order valence-corrected chi connectivity index (χ1v) is 11.2. The molecule has 0 heterocycles. The number of hydrogen-bond donors (Lipinski definition) is 1. The van der Waals surface area contributed by atoms with Crippen molar-refractivity contribution < 1.29 is 28.1 Å². The van der Waals surface area contributed by atoms with Crippen LogP contribution in [-0.2, 0) is 23.2 Å². The molecule has 0 aromatic rings. The molecule has 0 aromatic carbocycles. The molecule has 27 heavy (non-hydrogen) atoms. The van der Waals surface area contributed by atoms with Crippen molar-refractivity contribution >= 4 is 19.4 Å². The van der Waals surface area contributed by atoms with Gasteiger partial charge in [0.25, 0.3) is 0 Å². The molecule has 4 atom stereocenters. The zero-order valence-electron chi connectivity index (χ0n) is 16.3. The number of Topliss-reactive ketones (excluding diaryl/α,β-unsaturated/α-hetero) is 2. The third kappa shape index (κ3) is 5.95. The van der Waals surface area contributed by atoms with Gasteiger partial charge in [-0.1, -0.05) is 38.8 Å². The van der Waals surface area contributed by atoms with Crippen LogP contribution in [0.2, 0.25) is 0 Å². The van der Waals surface area contributed by atoms with Gasteiger partial charge in [0.15, 0.2) is 11.6 Å². The van der Waals surface area contributed by atoms with E-state index in [-0.39, 0.29) is 11.6 Å². The molecule has 0 radical (unpaired) electrons. The second-order valence-corrected chi connectivity index (χ2v) is 9.19. The molecule has 2 saturated carbocycles. The molecule has 7 heteroatoms. The highest BCUT2D eigenvalue weighted by Gasteiger charge is 2.41. The topological polar surface area (TPSA) is 89.9 Å². The predicted octanol–water partition coefficient (Wildman–Crippen LogP) is 4.53. The van der Waals surface area contributed by atoms with Crippen LogP contribution >= 0.6 is 7.82 Å². The number of phosphoric acid groups is 1. The summed E-state index contributed by atoms with van der Waals surface area (Å²) in [7, 11) is -4.41. The second-order valence-electron chi connectivity index (χ2n) is 7.83. The van der Waals surface area contributed by atoms with Crippen molar-refractivity contribution in [3.8, 4) is 0 Å². The van der Waals surface area contributed by atoms with Crippen molar-refractivity contribution in [1.82, 2.24) is 0 Å². The van der Waals surface area contributed by atoms with Crippen molar-refractivity contribution in [2.75, 3.05) is 0 Å². The standard InChI is InChI=1S/C20H31O6P/c1-13(2)19(21)15-9-5-7-11-17(15)25-27(23,24)26-18-12-8-6-10-16(18)20(22)14(3)4/h15-18H,1,3,5-12H2,2,4H3,(H,23,24). The summed E-state index contributed by atoms with van der Waals surface area (Å²) in [4.78, 5) is 35.0. The quantitative estimate of drug-likeness (QED) is 0.477. The van der Waals surface area contributed by atoms with Gasteiger partial charge in [-0.2, -0.15) is 0 Å². The van der Waals surface area contributed by atoms with E-state index in [1.165, 1.54) is 0 Å². The van der Waals surface area contributed by atoms with Gasteiger partial charge in [-0.25, -0.2) is 4.57 Å². The summed E-state index contributed by atoms with van der Waals surface area (Å²) in [6.45, 7) is 10.6. The molecule has 4 unspecified atom stereocenters. The summed E-state index contributed by atoms with van der Waals surface area (Å²) >= 11 is 0. The van der Waals surface area contributed by atoms with Crippen molar-refractivity contribution in [2.45, 2.75) is 77.4 Å². The molecular formula is C20H31O6P. The summed E-state index contributed by atoms with van der Waals surface area (Å²) in [6.07, 6.45) is 4.32. The minimum atomic E-state index is -4.41. The van der Waals surface area contributed by atoms with Crippen molar-refractivity contribution in [3.05, 3.63) is 24.3 Å². The average Bonchev–Trinajstić information content (AvgIpc) is 2.60. The van der Waals surface area contributed by atoms with Crippen LogP contribution in [0.15, 0.2) is 24.3 Å². The van der Waals surface area contributed by atoms with Gasteiger partial charge in [0, 0.05) is 11.8 Å². The minimum Gasteiger partial charge on any atom is -0.302 e. The Labute approximate surface area is 161 Å². The van der Waals surface area contributed by atoms with Gasteiger partial charge in [0.05, 0.1) is 12.2 Å². The number of rotatable bonds is 8. The smallest absolute Gasteiger partial charge is 0.302 e. The maximum Gasteiger partial charge on any atom is 0.472 e. The fourth-order valence-electron chi connectivity index (χ4n) is 4.05. The van der Waals surface area contributed by atoms with Crippen molar-refractivity contribution in [2.24, 2.45) is 11.8 Å². The summed E-state index contributed by atoms with van der Waals surface area (Å²) in [6, 6.07) is 0. The second kappa shape index (κ2) is 9.42. The van der Waals surface area contributed by atoms with Gasteiger partial charge in [-0.15, -0.1) is 0 Å². The fourth-order valence-corrected chi connectivity index (χ4v) is 5.28. The van der Waals surface area contributed by atoms with E-state index in [2.05, 4.69) is 13.2 Å². The Bertz CT molecular complexity index is 603. The third-order valence-corrected chi connectivity index (χ3v) is 6.53. The SMILES string of the molecule is C=C(C)C(=O)C1CCCCC1OP(=O)(O)OC1CCCCC1C(=O)C(=C)C. The average molecular weight is 398 g/mol. The number of ketones is 2. The monoisotopic (exact) mass is 398 g/mol. The number of hydrogen-bond acceptors (Lipinski definition) is 5. The Morgan fingerprint density at radius 2 is 1.15 bits per heavy atom. The number of phosphoric ester groups is 1. The number of carbonyl (C=O) groups excluding carboxylic acids is 2. The molecular weight excluding hydrogens is 367 g/mol. The van der Waals surface area contributed by atoms with Crippen LogP contribution in [0.5, 0.6) is 0 Å². The van der Waals surface area contributed by atoms with Crippen molar-refractivity contribution in [3.63, 3.8) is 0 Å². The largest absolute Gasteiger partial charge is 0.472 e. The van der Waals surface area contributed by atoms with Crippen molar-refractivity contribution in [1.29, 1.82) is 0 Å². The highest BCUT2D eigenvalue weighted by Crippen LogP contribution is 2.51. The molecule has 0 aromatic heterocycles. The van der Waals surface area contributed by atoms with E-state index >= 15 is 0 Å². The van der Waals surface area contributed by atoms with Gasteiger partial charge in [-0.3, -0.25) is 18.6 Å². The lowest BCUT2D eigenvalue weighted by molar-refractivity contribution is -0.124. The van der Waals surface area contributed by atoms with Crippen LogP contribution in [0.3, 0.4) is 0 Å². The Hall–Kier alpha value is -1.07. The van der Waals surface area contributed by atoms with Gasteiger partial charge in [0.1, 0.15) is 0 Å². The lowest BCUT2D eigenvalue weighted by atomic mass is 9.82. The van der Waals surface area contributed by atoms with Gasteiger partial charge >= 0.3 is 7.82 Å². The third-order valence-electron chi connectivity index (χ3n) is 5.46. The molecule has 0 saturated heterocycles. The van der Waals surface area contributed by atoms with Crippen LogP contribution in [0, 0.1) is 11.8 Å². The zero-order chi connectivity index (χ0) is 20.2. The number of carbonyl (C=O) groups is 2. The molecule has 0 amide bonds. The van der Waals surface area contributed by atoms with Crippen LogP contribution in [-0.4, -0.2) is 28.7 Å².